The Morgan fingerprint density at radius 2 is 1.89 bits per heavy atom. The van der Waals surface area contributed by atoms with Crippen molar-refractivity contribution in [1.29, 1.82) is 0 Å². The second-order valence-corrected chi connectivity index (χ2v) is 8.27. The van der Waals surface area contributed by atoms with Crippen LogP contribution in [0.3, 0.4) is 0 Å². The van der Waals surface area contributed by atoms with E-state index in [-0.39, 0.29) is 28.8 Å². The number of benzene rings is 1. The Kier molecular flexibility index (Phi) is 6.46. The Labute approximate surface area is 207 Å². The lowest BCUT2D eigenvalue weighted by atomic mass is 10.0. The molecular formula is C22H17ClF3N9O. The molecule has 4 heterocycles. The van der Waals surface area contributed by atoms with E-state index in [9.17, 15) is 18.0 Å². The number of amides is 1. The molecule has 0 bridgehead atoms. The summed E-state index contributed by atoms with van der Waals surface area (Å²) in [5, 5.41) is 10.4. The number of hydrogen-bond donors (Lipinski definition) is 1. The molecular weight excluding hydrogens is 499 g/mol. The van der Waals surface area contributed by atoms with Crippen LogP contribution in [0.4, 0.5) is 24.9 Å². The molecule has 1 aliphatic heterocycles. The molecule has 4 aromatic rings. The Morgan fingerprint density at radius 1 is 1.11 bits per heavy atom. The van der Waals surface area contributed by atoms with Crippen LogP contribution in [0.1, 0.15) is 34.5 Å². The second-order valence-electron chi connectivity index (χ2n) is 7.86. The van der Waals surface area contributed by atoms with E-state index in [1.165, 1.54) is 11.0 Å². The fraction of sp³-hybridized carbons (Fsp3) is 0.227. The van der Waals surface area contributed by atoms with Crippen LogP contribution in [0.25, 0.3) is 11.3 Å². The average Bonchev–Trinajstić information content (AvgIpc) is 3.27. The largest absolute Gasteiger partial charge is 0.341 e. The molecule has 36 heavy (non-hydrogen) atoms. The van der Waals surface area contributed by atoms with Crippen molar-refractivity contribution in [3.05, 3.63) is 70.8 Å². The molecule has 0 unspecified atom stereocenters. The molecule has 10 nitrogen and oxygen atoms in total. The van der Waals surface area contributed by atoms with Crippen LogP contribution in [0.15, 0.2) is 43.1 Å². The van der Waals surface area contributed by atoms with Crippen LogP contribution in [-0.2, 0) is 6.54 Å². The fourth-order valence-corrected chi connectivity index (χ4v) is 3.64. The normalized spacial score (nSPS) is 13.1. The molecule has 0 radical (unpaired) electrons. The first kappa shape index (κ1) is 23.6. The molecule has 1 saturated heterocycles. The smallest absolute Gasteiger partial charge is 0.277 e. The van der Waals surface area contributed by atoms with Crippen LogP contribution in [0.2, 0.25) is 5.02 Å². The number of nitrogens with one attached hydrogen (secondary N) is 1. The topological polar surface area (TPSA) is 115 Å². The van der Waals surface area contributed by atoms with E-state index < -0.39 is 29.3 Å². The van der Waals surface area contributed by atoms with Crippen LogP contribution < -0.4 is 10.2 Å². The minimum atomic E-state index is -2.99. The molecule has 1 aromatic carbocycles. The van der Waals surface area contributed by atoms with Crippen molar-refractivity contribution in [2.45, 2.75) is 19.4 Å². The van der Waals surface area contributed by atoms with E-state index in [0.29, 0.717) is 5.95 Å². The highest BCUT2D eigenvalue weighted by Crippen LogP contribution is 2.35. The second kappa shape index (κ2) is 9.85. The van der Waals surface area contributed by atoms with Gasteiger partial charge in [-0.25, -0.2) is 28.1 Å². The van der Waals surface area contributed by atoms with E-state index in [2.05, 4.69) is 40.3 Å². The zero-order valence-electron chi connectivity index (χ0n) is 18.4. The highest BCUT2D eigenvalue weighted by molar-refractivity contribution is 6.31. The van der Waals surface area contributed by atoms with Crippen molar-refractivity contribution >= 4 is 29.3 Å². The Hall–Kier alpha value is -4.13. The highest BCUT2D eigenvalue weighted by atomic mass is 35.5. The molecule has 1 amide bonds. The van der Waals surface area contributed by atoms with Crippen molar-refractivity contribution in [2.75, 3.05) is 23.3 Å². The molecule has 1 aliphatic rings. The predicted molar refractivity (Wildman–Crippen MR) is 123 cm³/mol. The molecule has 14 heteroatoms. The van der Waals surface area contributed by atoms with Gasteiger partial charge in [0.05, 0.1) is 35.9 Å². The quantitative estimate of drug-likeness (QED) is 0.395. The van der Waals surface area contributed by atoms with E-state index in [1.807, 2.05) is 0 Å². The molecule has 0 aliphatic carbocycles. The Bertz CT molecular complexity index is 1410. The molecule has 3 aromatic heterocycles. The van der Waals surface area contributed by atoms with Crippen LogP contribution in [0, 0.1) is 5.82 Å². The SMILES string of the molecule is O=C(Nc1cnn(Cc2cnc(N3CCC3)nc2)n1)c1cncc(-c2c(C(F)F)ccc(Cl)c2F)n1. The first-order chi connectivity index (χ1) is 17.4. The number of nitrogens with zero attached hydrogens (tertiary/aromatic N) is 8. The Morgan fingerprint density at radius 3 is 2.58 bits per heavy atom. The standard InChI is InChI=1S/C22H17ClF3N9O/c23-14-3-2-13(20(25)26)18(19(14)24)15-8-27-9-16(31-15)21(36)32-17-10-30-35(33-17)11-12-6-28-22(29-7-12)34-4-1-5-34/h2-3,6-10,20H,1,4-5,11H2,(H,32,33,36). The summed E-state index contributed by atoms with van der Waals surface area (Å²) in [6, 6.07) is 2.03. The van der Waals surface area contributed by atoms with Gasteiger partial charge in [-0.3, -0.25) is 9.78 Å². The molecule has 184 valence electrons. The predicted octanol–water partition coefficient (Wildman–Crippen LogP) is 3.77. The minimum absolute atomic E-state index is 0.118. The van der Waals surface area contributed by atoms with Gasteiger partial charge >= 0.3 is 0 Å². The Balaban J connectivity index is 1.30. The maximum Gasteiger partial charge on any atom is 0.277 e. The van der Waals surface area contributed by atoms with Gasteiger partial charge in [-0.05, 0) is 12.5 Å². The van der Waals surface area contributed by atoms with E-state index in [0.717, 1.165) is 49.6 Å². The minimum Gasteiger partial charge on any atom is -0.341 e. The molecule has 0 saturated carbocycles. The number of halogens is 4. The monoisotopic (exact) mass is 515 g/mol. The van der Waals surface area contributed by atoms with E-state index in [4.69, 9.17) is 11.6 Å². The third-order valence-electron chi connectivity index (χ3n) is 5.42. The summed E-state index contributed by atoms with van der Waals surface area (Å²) in [5.41, 5.74) is -0.869. The third kappa shape index (κ3) is 4.82. The van der Waals surface area contributed by atoms with Gasteiger partial charge in [0.25, 0.3) is 12.3 Å². The van der Waals surface area contributed by atoms with Gasteiger partial charge in [-0.15, -0.1) is 5.10 Å². The van der Waals surface area contributed by atoms with Gasteiger partial charge in [0.1, 0.15) is 5.69 Å². The third-order valence-corrected chi connectivity index (χ3v) is 5.71. The first-order valence-corrected chi connectivity index (χ1v) is 11.1. The lowest BCUT2D eigenvalue weighted by Gasteiger charge is -2.30. The van der Waals surface area contributed by atoms with Gasteiger partial charge in [0.15, 0.2) is 11.6 Å². The zero-order valence-corrected chi connectivity index (χ0v) is 19.2. The number of carbonyl (C=O) groups is 1. The fourth-order valence-electron chi connectivity index (χ4n) is 3.49. The van der Waals surface area contributed by atoms with Gasteiger partial charge < -0.3 is 10.2 Å². The van der Waals surface area contributed by atoms with E-state index in [1.54, 1.807) is 12.4 Å². The summed E-state index contributed by atoms with van der Waals surface area (Å²) in [6.07, 6.45) is 5.03. The van der Waals surface area contributed by atoms with Gasteiger partial charge in [-0.2, -0.15) is 9.90 Å². The van der Waals surface area contributed by atoms with Gasteiger partial charge in [0.2, 0.25) is 5.95 Å². The summed E-state index contributed by atoms with van der Waals surface area (Å²) in [7, 11) is 0. The van der Waals surface area contributed by atoms with Crippen molar-refractivity contribution in [2.24, 2.45) is 0 Å². The number of aromatic nitrogens is 7. The van der Waals surface area contributed by atoms with Crippen LogP contribution >= 0.6 is 11.6 Å². The van der Waals surface area contributed by atoms with Crippen LogP contribution in [-0.4, -0.2) is 53.9 Å². The maximum atomic E-state index is 14.6. The van der Waals surface area contributed by atoms with Crippen molar-refractivity contribution in [3.63, 3.8) is 0 Å². The van der Waals surface area contributed by atoms with E-state index >= 15 is 0 Å². The number of carbonyl (C=O) groups excluding carboxylic acids is 1. The first-order valence-electron chi connectivity index (χ1n) is 10.7. The molecule has 1 N–H and O–H groups in total. The van der Waals surface area contributed by atoms with Gasteiger partial charge in [0, 0.05) is 42.2 Å². The molecule has 1 fully saturated rings. The molecule has 5 rings (SSSR count). The van der Waals surface area contributed by atoms with Crippen molar-refractivity contribution < 1.29 is 18.0 Å². The summed E-state index contributed by atoms with van der Waals surface area (Å²) in [6.45, 7) is 2.16. The number of hydrogen-bond acceptors (Lipinski definition) is 8. The van der Waals surface area contributed by atoms with Crippen LogP contribution in [0.5, 0.6) is 0 Å². The lowest BCUT2D eigenvalue weighted by molar-refractivity contribution is 0.102. The molecule has 0 atom stereocenters. The zero-order chi connectivity index (χ0) is 25.2. The van der Waals surface area contributed by atoms with Gasteiger partial charge in [-0.1, -0.05) is 17.7 Å². The van der Waals surface area contributed by atoms with Crippen molar-refractivity contribution in [1.82, 2.24) is 34.9 Å². The lowest BCUT2D eigenvalue weighted by Crippen LogP contribution is -2.38. The summed E-state index contributed by atoms with van der Waals surface area (Å²) in [5.74, 6) is -1.02. The molecule has 0 spiro atoms. The average molecular weight is 516 g/mol. The van der Waals surface area contributed by atoms with Crippen molar-refractivity contribution in [3.8, 4) is 11.3 Å². The highest BCUT2D eigenvalue weighted by Gasteiger charge is 2.23. The summed E-state index contributed by atoms with van der Waals surface area (Å²) < 4.78 is 41.5. The summed E-state index contributed by atoms with van der Waals surface area (Å²) >= 11 is 5.77. The number of rotatable bonds is 7. The number of alkyl halides is 2. The maximum absolute atomic E-state index is 14.6. The number of anilines is 2. The summed E-state index contributed by atoms with van der Waals surface area (Å²) in [4.78, 5) is 32.6.